The Morgan fingerprint density at radius 3 is 2.49 bits per heavy atom. The molecule has 0 unspecified atom stereocenters. The zero-order chi connectivity index (χ0) is 26.6. The fraction of sp³-hybridized carbons (Fsp3) is 0.267. The molecule has 37 heavy (non-hydrogen) atoms. The Kier molecular flexibility index (Phi) is 8.45. The van der Waals surface area contributed by atoms with Crippen LogP contribution >= 0.6 is 15.9 Å². The average molecular weight is 571 g/mol. The van der Waals surface area contributed by atoms with Gasteiger partial charge in [0.15, 0.2) is 0 Å². The molecular formula is C30H30BrF3N2O. The second-order valence-corrected chi connectivity index (χ2v) is 9.87. The van der Waals surface area contributed by atoms with E-state index in [1.165, 1.54) is 6.07 Å². The van der Waals surface area contributed by atoms with Crippen LogP contribution in [-0.2, 0) is 19.3 Å². The maximum absolute atomic E-state index is 13.2. The van der Waals surface area contributed by atoms with Gasteiger partial charge in [-0.25, -0.2) is 0 Å². The first kappa shape index (κ1) is 27.0. The van der Waals surface area contributed by atoms with E-state index in [1.807, 2.05) is 43.5 Å². The summed E-state index contributed by atoms with van der Waals surface area (Å²) in [7, 11) is 0. The molecule has 1 aliphatic rings. The van der Waals surface area contributed by atoms with Crippen LogP contribution in [0.2, 0.25) is 0 Å². The Balaban J connectivity index is 1.73. The largest absolute Gasteiger partial charge is 0.455 e. The third kappa shape index (κ3) is 6.28. The van der Waals surface area contributed by atoms with Gasteiger partial charge in [-0.05, 0) is 82.4 Å². The zero-order valence-electron chi connectivity index (χ0n) is 21.1. The summed E-state index contributed by atoms with van der Waals surface area (Å²) in [6, 6.07) is 14.8. The molecule has 3 aromatic rings. The van der Waals surface area contributed by atoms with Crippen LogP contribution in [-0.4, -0.2) is 16.3 Å². The molecule has 0 radical (unpaired) electrons. The normalized spacial score (nSPS) is 15.8. The summed E-state index contributed by atoms with van der Waals surface area (Å²) in [6.45, 7) is 7.41. The molecule has 7 heteroatoms. The third-order valence-corrected chi connectivity index (χ3v) is 6.96. The van der Waals surface area contributed by atoms with Crippen LogP contribution in [0.25, 0.3) is 10.8 Å². The van der Waals surface area contributed by atoms with Crippen LogP contribution in [0.1, 0.15) is 42.9 Å². The fourth-order valence-corrected chi connectivity index (χ4v) is 5.04. The van der Waals surface area contributed by atoms with Crippen molar-refractivity contribution in [3.8, 4) is 0 Å². The second kappa shape index (κ2) is 11.6. The lowest BCUT2D eigenvalue weighted by Gasteiger charge is -2.33. The summed E-state index contributed by atoms with van der Waals surface area (Å²) < 4.78 is 45.9. The Morgan fingerprint density at radius 1 is 1.00 bits per heavy atom. The van der Waals surface area contributed by atoms with Crippen LogP contribution in [0, 0.1) is 6.92 Å². The van der Waals surface area contributed by atoms with E-state index in [9.17, 15) is 13.2 Å². The molecule has 194 valence electrons. The molecule has 0 bridgehead atoms. The number of hydrogen-bond donors (Lipinski definition) is 0. The summed E-state index contributed by atoms with van der Waals surface area (Å²) in [5, 5.41) is 2.27. The maximum atomic E-state index is 13.2. The molecule has 0 fully saturated rings. The number of furan rings is 1. The smallest absolute Gasteiger partial charge is 0.449 e. The Hall–Kier alpha value is -3.03. The first-order valence-electron chi connectivity index (χ1n) is 12.3. The average Bonchev–Trinajstić information content (AvgIpc) is 3.34. The van der Waals surface area contributed by atoms with Gasteiger partial charge in [-0.15, -0.1) is 0 Å². The minimum absolute atomic E-state index is 0.234. The molecule has 0 spiro atoms. The predicted octanol–water partition coefficient (Wildman–Crippen LogP) is 9.07. The Morgan fingerprint density at radius 2 is 1.78 bits per heavy atom. The van der Waals surface area contributed by atoms with Crippen LogP contribution in [0.15, 0.2) is 99.3 Å². The summed E-state index contributed by atoms with van der Waals surface area (Å²) in [5.74, 6) is -0.698. The van der Waals surface area contributed by atoms with E-state index in [1.54, 1.807) is 0 Å². The highest BCUT2D eigenvalue weighted by atomic mass is 79.9. The predicted molar refractivity (Wildman–Crippen MR) is 147 cm³/mol. The first-order chi connectivity index (χ1) is 17.7. The topological polar surface area (TPSA) is 19.6 Å². The molecule has 2 aromatic carbocycles. The minimum atomic E-state index is -4.51. The number of rotatable bonds is 8. The van der Waals surface area contributed by atoms with E-state index in [2.05, 4.69) is 69.9 Å². The van der Waals surface area contributed by atoms with Crippen molar-refractivity contribution in [2.45, 2.75) is 46.5 Å². The molecule has 1 aromatic heterocycles. The third-order valence-electron chi connectivity index (χ3n) is 6.29. The Labute approximate surface area is 224 Å². The van der Waals surface area contributed by atoms with Gasteiger partial charge in [0.2, 0.25) is 5.76 Å². The van der Waals surface area contributed by atoms with Crippen molar-refractivity contribution in [3.05, 3.63) is 118 Å². The number of nitrogens with zero attached hydrogens (tertiary/aromatic N) is 2. The van der Waals surface area contributed by atoms with E-state index in [0.29, 0.717) is 13.1 Å². The highest BCUT2D eigenvalue weighted by Crippen LogP contribution is 2.34. The fourth-order valence-electron chi connectivity index (χ4n) is 4.56. The van der Waals surface area contributed by atoms with Crippen LogP contribution in [0.5, 0.6) is 0 Å². The summed E-state index contributed by atoms with van der Waals surface area (Å²) >= 11 is 3.66. The van der Waals surface area contributed by atoms with Gasteiger partial charge in [0.1, 0.15) is 5.76 Å². The molecule has 0 N–H and O–H groups in total. The maximum Gasteiger partial charge on any atom is 0.449 e. The summed E-state index contributed by atoms with van der Waals surface area (Å²) in [6.07, 6.45) is 6.55. The van der Waals surface area contributed by atoms with Gasteiger partial charge in [-0.2, -0.15) is 13.2 Å². The quantitative estimate of drug-likeness (QED) is 0.269. The lowest BCUT2D eigenvalue weighted by atomic mass is 9.99. The highest BCUT2D eigenvalue weighted by molar-refractivity contribution is 9.12. The molecule has 0 atom stereocenters. The molecule has 0 amide bonds. The molecule has 3 nitrogen and oxygen atoms in total. The van der Waals surface area contributed by atoms with Gasteiger partial charge in [0.25, 0.3) is 0 Å². The van der Waals surface area contributed by atoms with Crippen molar-refractivity contribution in [2.75, 3.05) is 6.54 Å². The molecule has 0 saturated heterocycles. The van der Waals surface area contributed by atoms with Crippen LogP contribution < -0.4 is 0 Å². The molecular weight excluding hydrogens is 541 g/mol. The van der Waals surface area contributed by atoms with E-state index in [4.69, 9.17) is 4.42 Å². The van der Waals surface area contributed by atoms with Gasteiger partial charge in [0.05, 0.1) is 12.2 Å². The van der Waals surface area contributed by atoms with Crippen molar-refractivity contribution in [1.29, 1.82) is 0 Å². The van der Waals surface area contributed by atoms with E-state index in [0.717, 1.165) is 50.3 Å². The number of aryl methyl sites for hydroxylation is 1. The molecule has 4 rings (SSSR count). The summed E-state index contributed by atoms with van der Waals surface area (Å²) in [5.41, 5.74) is 4.34. The van der Waals surface area contributed by atoms with Crippen molar-refractivity contribution < 1.29 is 17.6 Å². The van der Waals surface area contributed by atoms with Gasteiger partial charge in [-0.1, -0.05) is 55.5 Å². The Bertz CT molecular complexity index is 1380. The SMILES string of the molecule is C/C=C\N1C(CN(Cc2ccc(C(F)(F)F)o2)Cc2c(C)ccc3ccccc23)=CC=C(Br)/C1=C/CC. The zero-order valence-corrected chi connectivity index (χ0v) is 22.7. The standard InChI is InChI=1S/C30H30BrF3N2O/c1-4-8-28-27(31)15-13-23(36(28)17-5-2)18-35(19-24-14-16-29(37-24)30(32,33)34)20-26-21(3)11-12-22-9-6-7-10-25(22)26/h5-17H,4,18-20H2,1-3H3/b17-5-,28-8-. The molecule has 2 heterocycles. The number of fused-ring (bicyclic) bond motifs is 1. The van der Waals surface area contributed by atoms with Crippen LogP contribution in [0.3, 0.4) is 0 Å². The number of halogens is 4. The summed E-state index contributed by atoms with van der Waals surface area (Å²) in [4.78, 5) is 4.26. The molecule has 0 aliphatic carbocycles. The van der Waals surface area contributed by atoms with E-state index in [-0.39, 0.29) is 12.3 Å². The van der Waals surface area contributed by atoms with Crippen molar-refractivity contribution in [2.24, 2.45) is 0 Å². The number of alkyl halides is 3. The number of hydrogen-bond acceptors (Lipinski definition) is 3. The lowest BCUT2D eigenvalue weighted by molar-refractivity contribution is -0.153. The van der Waals surface area contributed by atoms with Gasteiger partial charge in [0, 0.05) is 29.5 Å². The van der Waals surface area contributed by atoms with Crippen molar-refractivity contribution >= 4 is 26.7 Å². The number of allylic oxidation sites excluding steroid dienone is 5. The molecule has 0 saturated carbocycles. The van der Waals surface area contributed by atoms with Crippen molar-refractivity contribution in [1.82, 2.24) is 9.80 Å². The van der Waals surface area contributed by atoms with Gasteiger partial charge >= 0.3 is 6.18 Å². The lowest BCUT2D eigenvalue weighted by Crippen LogP contribution is -2.31. The van der Waals surface area contributed by atoms with Crippen molar-refractivity contribution in [3.63, 3.8) is 0 Å². The van der Waals surface area contributed by atoms with E-state index < -0.39 is 11.9 Å². The highest BCUT2D eigenvalue weighted by Gasteiger charge is 2.35. The first-order valence-corrected chi connectivity index (χ1v) is 13.0. The van der Waals surface area contributed by atoms with Gasteiger partial charge in [-0.3, -0.25) is 4.90 Å². The number of benzene rings is 2. The van der Waals surface area contributed by atoms with Gasteiger partial charge < -0.3 is 9.32 Å². The molecule has 1 aliphatic heterocycles. The van der Waals surface area contributed by atoms with E-state index >= 15 is 0 Å². The second-order valence-electron chi connectivity index (χ2n) is 9.01. The monoisotopic (exact) mass is 570 g/mol. The van der Waals surface area contributed by atoms with Crippen LogP contribution in [0.4, 0.5) is 13.2 Å². The minimum Gasteiger partial charge on any atom is -0.455 e.